The molecule has 29 heteroatoms. The van der Waals surface area contributed by atoms with Crippen LogP contribution in [-0.2, 0) is 32.1 Å². The molecule has 0 saturated carbocycles. The highest BCUT2D eigenvalue weighted by molar-refractivity contribution is 6.35. The van der Waals surface area contributed by atoms with E-state index < -0.39 is 60.9 Å². The van der Waals surface area contributed by atoms with E-state index in [0.29, 0.717) is 94.5 Å². The maximum absolute atomic E-state index is 13.7. The van der Waals surface area contributed by atoms with Gasteiger partial charge in [-0.2, -0.15) is 0 Å². The fraction of sp³-hybridized carbons (Fsp3) is 0.446. The summed E-state index contributed by atoms with van der Waals surface area (Å²) in [6, 6.07) is 26.1. The van der Waals surface area contributed by atoms with Gasteiger partial charge in [0.25, 0.3) is 11.8 Å². The van der Waals surface area contributed by atoms with Crippen LogP contribution < -0.4 is 53.8 Å². The van der Waals surface area contributed by atoms with E-state index in [1.165, 1.54) is 34.2 Å². The average Bonchev–Trinajstić information content (AvgIpc) is 1.70. The third kappa shape index (κ3) is 28.5. The number of guanidine groups is 2. The summed E-state index contributed by atoms with van der Waals surface area (Å²) in [5, 5.41) is 33.4. The van der Waals surface area contributed by atoms with E-state index in [4.69, 9.17) is 65.0 Å². The summed E-state index contributed by atoms with van der Waals surface area (Å²) in [7, 11) is 0.658. The van der Waals surface area contributed by atoms with Crippen LogP contribution in [0.4, 0.5) is 4.39 Å². The molecular formula is C65H92Cl4FN17O7+2. The summed E-state index contributed by atoms with van der Waals surface area (Å²) < 4.78 is 18.3. The van der Waals surface area contributed by atoms with Crippen molar-refractivity contribution >= 4 is 93.8 Å². The van der Waals surface area contributed by atoms with Crippen LogP contribution in [0, 0.1) is 25.7 Å². The number of carboxylic acid groups (broad SMARTS) is 1. The molecule has 4 aromatic carbocycles. The van der Waals surface area contributed by atoms with E-state index in [1.807, 2.05) is 65.0 Å². The number of nitrogens with zero attached hydrogens (tertiary/aromatic N) is 7. The SMILES string of the molecule is CCCCc1ccccc1.CCN(Cc1ccccc1)C(=O)[C@H](CC(C)C)NC(=O)[C@H](CCC[NH+]=C(N)N)NC(=O)c1nc(C)n(-c2cc(Cl)cc(Cl)c2)n1.C[NH+]=C(N)NCCC[C@H](NC(=O)c1nc(C)n(-c2cc(Cl)cc(Cl)c2)n1)C(=O)N[C@@H](CC(C)C)C(=O)O.[2H]CF. The number of unbranched alkanes of at least 4 members (excludes halogenated alkanes) is 1. The molecule has 6 rings (SSSR count). The van der Waals surface area contributed by atoms with E-state index in [2.05, 4.69) is 94.0 Å². The Labute approximate surface area is 571 Å². The average molecular weight is 1390 g/mol. The lowest BCUT2D eigenvalue weighted by molar-refractivity contribution is -0.459. The van der Waals surface area contributed by atoms with E-state index in [0.717, 1.165) is 5.56 Å². The van der Waals surface area contributed by atoms with Gasteiger partial charge in [-0.1, -0.05) is 148 Å². The first kappa shape index (κ1) is 78.1. The van der Waals surface area contributed by atoms with Crippen LogP contribution >= 0.6 is 46.4 Å². The lowest BCUT2D eigenvalue weighted by atomic mass is 10.0. The van der Waals surface area contributed by atoms with Crippen LogP contribution in [-0.4, -0.2) is 145 Å². The van der Waals surface area contributed by atoms with Crippen LogP contribution in [0.3, 0.4) is 0 Å². The molecule has 0 radical (unpaired) electrons. The van der Waals surface area contributed by atoms with E-state index in [-0.39, 0.29) is 54.6 Å². The molecule has 0 bridgehead atoms. The van der Waals surface area contributed by atoms with Gasteiger partial charge >= 0.3 is 17.9 Å². The van der Waals surface area contributed by atoms with Gasteiger partial charge in [0, 0.05) is 33.2 Å². The van der Waals surface area contributed by atoms with Crippen LogP contribution in [0.5, 0.6) is 0 Å². The summed E-state index contributed by atoms with van der Waals surface area (Å²) in [5.41, 5.74) is 20.2. The van der Waals surface area contributed by atoms with E-state index in [1.54, 1.807) is 62.2 Å². The highest BCUT2D eigenvalue weighted by Crippen LogP contribution is 2.24. The standard InChI is InChI=1S/C31H41Cl2N9O3.C23H32Cl2N8O4.C10H14.CH3F/c1-5-41(18-21-10-7-6-8-11-21)30(45)26(14-19(2)3)39-28(43)25(12-9-13-36-31(34)35)38-29(44)27-37-20(4)42(40-27)24-16-22(32)15-23(33)17-24;1-12(2)8-18(22(36)37)31-20(34)17(6-5-7-28-23(26)27-4)30-21(35)19-29-13(3)33(32-19)16-10-14(24)9-15(25)11-16;1-2-3-7-10-8-5-4-6-9-10;1-2/h6-8,10-11,15-17,19,25-26H,5,9,12-14,18H2,1-4H3,(H,38,44)(H,39,43)(H4,34,35,36);9-12,17-18H,5-8H2,1-4H3,(H,30,35)(H,31,34)(H,36,37)(H3,26,27,28);4-6,8-9H,2-3,7H2,1H3;1H3/p+2/t25-,26-;17-,18-;;/m00../s1/i;;;1D. The van der Waals surface area contributed by atoms with Crippen LogP contribution in [0.2, 0.25) is 20.1 Å². The molecule has 6 aromatic rings. The summed E-state index contributed by atoms with van der Waals surface area (Å²) in [6.07, 6.45) is 5.82. The number of halogens is 5. The Hall–Kier alpha value is -8.39. The minimum atomic E-state index is -1.15. The molecule has 4 atom stereocenters. The molecule has 2 aromatic heterocycles. The van der Waals surface area contributed by atoms with Crippen molar-refractivity contribution in [3.63, 3.8) is 0 Å². The molecule has 2 heterocycles. The number of benzene rings is 4. The van der Waals surface area contributed by atoms with Gasteiger partial charge in [0.1, 0.15) is 35.8 Å². The van der Waals surface area contributed by atoms with Crippen molar-refractivity contribution in [2.75, 3.05) is 33.8 Å². The van der Waals surface area contributed by atoms with Crippen molar-refractivity contribution < 1.29 is 49.6 Å². The van der Waals surface area contributed by atoms with Gasteiger partial charge in [-0.25, -0.2) is 24.1 Å². The van der Waals surface area contributed by atoms with Crippen molar-refractivity contribution in [1.29, 1.82) is 0 Å². The predicted molar refractivity (Wildman–Crippen MR) is 367 cm³/mol. The Bertz CT molecular complexity index is 3410. The van der Waals surface area contributed by atoms with Crippen molar-refractivity contribution in [3.05, 3.63) is 152 Å². The van der Waals surface area contributed by atoms with Crippen LogP contribution in [0.25, 0.3) is 11.4 Å². The van der Waals surface area contributed by atoms with Crippen molar-refractivity contribution in [1.82, 2.24) is 61.0 Å². The third-order valence-corrected chi connectivity index (χ3v) is 14.7. The Morgan fingerprint density at radius 3 is 1.50 bits per heavy atom. The minimum Gasteiger partial charge on any atom is -0.480 e. The lowest BCUT2D eigenvalue weighted by Gasteiger charge is -2.29. The molecule has 0 aliphatic carbocycles. The number of carbonyl (C=O) groups is 6. The van der Waals surface area contributed by atoms with E-state index >= 15 is 0 Å². The molecule has 512 valence electrons. The van der Waals surface area contributed by atoms with Gasteiger partial charge < -0.3 is 31.3 Å². The zero-order valence-electron chi connectivity index (χ0n) is 55.8. The zero-order valence-corrected chi connectivity index (χ0v) is 57.8. The van der Waals surface area contributed by atoms with Crippen LogP contribution in [0.1, 0.15) is 138 Å². The summed E-state index contributed by atoms with van der Waals surface area (Å²) >= 11 is 24.5. The number of aryl methyl sites for hydroxylation is 3. The molecule has 0 spiro atoms. The van der Waals surface area contributed by atoms with Gasteiger partial charge in [-0.3, -0.25) is 60.9 Å². The fourth-order valence-electron chi connectivity index (χ4n) is 9.25. The zero-order chi connectivity index (χ0) is 70.7. The first-order valence-electron chi connectivity index (χ1n) is 31.5. The number of aromatic nitrogens is 6. The quantitative estimate of drug-likeness (QED) is 0.0155. The fourth-order valence-corrected chi connectivity index (χ4v) is 10.3. The summed E-state index contributed by atoms with van der Waals surface area (Å²) in [6.45, 7) is 16.8. The molecule has 0 saturated heterocycles. The Morgan fingerprint density at radius 1 is 0.649 bits per heavy atom. The molecule has 0 aliphatic rings. The number of likely N-dealkylation sites (N-methyl/N-ethyl adjacent to an activating group) is 1. The number of hydrogen-bond acceptors (Lipinski definition) is 10. The topological polar surface area (TPSA) is 353 Å². The maximum Gasteiger partial charge on any atom is 0.340 e. The maximum atomic E-state index is 13.7. The Balaban J connectivity index is 0.000000421. The Morgan fingerprint density at radius 2 is 1.09 bits per heavy atom. The first-order valence-corrected chi connectivity index (χ1v) is 32.3. The van der Waals surface area contributed by atoms with Crippen LogP contribution in [0.15, 0.2) is 97.1 Å². The number of nitrogens with two attached hydrogens (primary N) is 3. The number of hydrogen-bond donors (Lipinski definition) is 11. The largest absolute Gasteiger partial charge is 0.480 e. The van der Waals surface area contributed by atoms with Gasteiger partial charge in [0.05, 0.1) is 40.0 Å². The number of alkyl halides is 1. The number of carboxylic acids is 1. The first-order chi connectivity index (χ1) is 45.1. The van der Waals surface area contributed by atoms with Gasteiger partial charge in [0.2, 0.25) is 29.4 Å². The van der Waals surface area contributed by atoms with E-state index in [9.17, 15) is 38.3 Å². The molecule has 5 amide bonds. The minimum absolute atomic E-state index is 0.0369. The predicted octanol–water partition coefficient (Wildman–Crippen LogP) is 5.30. The number of carbonyl (C=O) groups excluding carboxylic acids is 5. The molecule has 94 heavy (non-hydrogen) atoms. The number of amides is 5. The molecule has 0 aliphatic heterocycles. The normalized spacial score (nSPS) is 12.3. The second kappa shape index (κ2) is 42.0. The van der Waals surface area contributed by atoms with Gasteiger partial charge in [-0.15, -0.1) is 10.2 Å². The summed E-state index contributed by atoms with van der Waals surface area (Å²) in [4.78, 5) is 94.3. The highest BCUT2D eigenvalue weighted by Gasteiger charge is 2.32. The Kier molecular flexibility index (Phi) is 34.9. The second-order valence-electron chi connectivity index (χ2n) is 22.5. The van der Waals surface area contributed by atoms with Gasteiger partial charge in [0.15, 0.2) is 0 Å². The van der Waals surface area contributed by atoms with Crippen molar-refractivity contribution in [3.8, 4) is 11.4 Å². The number of rotatable bonds is 30. The second-order valence-corrected chi connectivity index (χ2v) is 24.2. The number of aliphatic carboxylic acids is 1. The van der Waals surface area contributed by atoms with Crippen molar-refractivity contribution in [2.24, 2.45) is 29.0 Å². The molecule has 0 unspecified atom stereocenters. The highest BCUT2D eigenvalue weighted by atomic mass is 35.5. The third-order valence-electron chi connectivity index (χ3n) is 13.8. The molecule has 14 N–H and O–H groups in total. The van der Waals surface area contributed by atoms with Crippen molar-refractivity contribution in [2.45, 2.75) is 144 Å². The van der Waals surface area contributed by atoms with Gasteiger partial charge in [-0.05, 0) is 131 Å². The molecular weight excluding hydrogens is 1290 g/mol. The summed E-state index contributed by atoms with van der Waals surface area (Å²) in [5.74, 6) is -2.76. The lowest BCUT2D eigenvalue weighted by Crippen LogP contribution is -2.78. The monoisotopic (exact) mass is 1380 g/mol. The smallest absolute Gasteiger partial charge is 0.340 e. The molecule has 0 fully saturated rings. The number of nitrogens with one attached hydrogen (secondary N) is 7. The molecule has 24 nitrogen and oxygen atoms in total.